The minimum Gasteiger partial charge on any atom is -0.506 e. The van der Waals surface area contributed by atoms with Crippen LogP contribution in [0, 0.1) is 7.14 Å². The molecule has 1 aromatic heterocycles. The summed E-state index contributed by atoms with van der Waals surface area (Å²) >= 11 is 4.53. The van der Waals surface area contributed by atoms with E-state index >= 15 is 0 Å². The average Bonchev–Trinajstić information content (AvgIpc) is 3.16. The molecule has 2 heterocycles. The van der Waals surface area contributed by atoms with E-state index in [1.54, 1.807) is 26.4 Å². The van der Waals surface area contributed by atoms with E-state index in [4.69, 9.17) is 18.6 Å². The van der Waals surface area contributed by atoms with Crippen LogP contribution < -0.4 is 9.47 Å². The van der Waals surface area contributed by atoms with Crippen molar-refractivity contribution in [3.63, 3.8) is 0 Å². The summed E-state index contributed by atoms with van der Waals surface area (Å²) in [7, 11) is 3.23. The van der Waals surface area contributed by atoms with Gasteiger partial charge in [-0.05, 0) is 141 Å². The number of halogens is 2. The van der Waals surface area contributed by atoms with Crippen molar-refractivity contribution in [1.82, 2.24) is 0 Å². The van der Waals surface area contributed by atoms with Gasteiger partial charge in [0.1, 0.15) is 34.3 Å². The van der Waals surface area contributed by atoms with Crippen LogP contribution >= 0.6 is 45.2 Å². The molecule has 0 saturated heterocycles. The number of aliphatic hydroxyl groups excluding tert-OH is 1. The van der Waals surface area contributed by atoms with Crippen molar-refractivity contribution in [2.24, 2.45) is 0 Å². The Morgan fingerprint density at radius 3 is 1.88 bits per heavy atom. The minimum atomic E-state index is -0.270. The van der Waals surface area contributed by atoms with Crippen molar-refractivity contribution in [3.05, 3.63) is 174 Å². The lowest BCUT2D eigenvalue weighted by Gasteiger charge is -2.22. The second-order valence-corrected chi connectivity index (χ2v) is 13.9. The molecule has 0 bridgehead atoms. The maximum atomic E-state index is 13.7. The maximum Gasteiger partial charge on any atom is 0.365 e. The van der Waals surface area contributed by atoms with Crippen LogP contribution in [0.4, 0.5) is 0 Å². The van der Waals surface area contributed by atoms with Gasteiger partial charge in [-0.1, -0.05) is 36.4 Å². The summed E-state index contributed by atoms with van der Waals surface area (Å²) < 4.78 is 26.2. The lowest BCUT2D eigenvalue weighted by molar-refractivity contribution is -0.113. The van der Waals surface area contributed by atoms with E-state index in [0.717, 1.165) is 29.4 Å². The highest BCUT2D eigenvalue weighted by atomic mass is 127. The summed E-state index contributed by atoms with van der Waals surface area (Å²) in [5.41, 5.74) is 5.09. The summed E-state index contributed by atoms with van der Waals surface area (Å²) in [5, 5.41) is 11.3. The molecule has 1 aliphatic heterocycles. The molecule has 1 N–H and O–H groups in total. The molecule has 7 rings (SSSR count). The number of aliphatic hydroxyl groups is 1. The molecule has 2 aliphatic rings. The summed E-state index contributed by atoms with van der Waals surface area (Å²) in [6, 6.07) is 34.8. The van der Waals surface area contributed by atoms with E-state index in [-0.39, 0.29) is 22.7 Å². The van der Waals surface area contributed by atoms with Gasteiger partial charge in [0.2, 0.25) is 5.78 Å². The lowest BCUT2D eigenvalue weighted by atomic mass is 9.85. The fourth-order valence-electron chi connectivity index (χ4n) is 5.73. The number of allylic oxidation sites excluding steroid dienone is 6. The van der Waals surface area contributed by atoms with Gasteiger partial charge in [0.15, 0.2) is 0 Å². The van der Waals surface area contributed by atoms with Crippen LogP contribution in [0.1, 0.15) is 16.7 Å². The Kier molecular flexibility index (Phi) is 9.73. The molecular formula is C42H29I2O6+. The number of carbonyl (C=O) groups excluding carboxylic acids is 1. The molecule has 0 radical (unpaired) electrons. The first-order valence-corrected chi connectivity index (χ1v) is 17.8. The van der Waals surface area contributed by atoms with Gasteiger partial charge in [-0.25, -0.2) is 4.42 Å². The van der Waals surface area contributed by atoms with Crippen LogP contribution in [0.2, 0.25) is 0 Å². The predicted molar refractivity (Wildman–Crippen MR) is 213 cm³/mol. The van der Waals surface area contributed by atoms with Gasteiger partial charge in [0.05, 0.1) is 48.6 Å². The Labute approximate surface area is 317 Å². The van der Waals surface area contributed by atoms with Crippen molar-refractivity contribution in [2.75, 3.05) is 14.2 Å². The number of Topliss-reactive ketones (excluding diaryl/α,β-unsaturated/α-hetero) is 1. The zero-order valence-corrected chi connectivity index (χ0v) is 31.3. The van der Waals surface area contributed by atoms with Gasteiger partial charge < -0.3 is 19.3 Å². The Balaban J connectivity index is 1.30. The molecule has 0 amide bonds. The molecule has 5 aromatic rings. The molecule has 0 atom stereocenters. The van der Waals surface area contributed by atoms with E-state index in [9.17, 15) is 9.90 Å². The van der Waals surface area contributed by atoms with Crippen LogP contribution in [-0.2, 0) is 9.53 Å². The molecule has 0 saturated carbocycles. The second kappa shape index (κ2) is 14.5. The maximum absolute atomic E-state index is 13.7. The highest BCUT2D eigenvalue weighted by Gasteiger charge is 2.33. The van der Waals surface area contributed by atoms with Crippen LogP contribution in [0.15, 0.2) is 154 Å². The summed E-state index contributed by atoms with van der Waals surface area (Å²) in [6.07, 6.45) is 7.09. The molecule has 6 nitrogen and oxygen atoms in total. The number of rotatable bonds is 8. The number of methoxy groups -OCH3 is 2. The van der Waals surface area contributed by atoms with E-state index in [1.165, 1.54) is 0 Å². The van der Waals surface area contributed by atoms with Gasteiger partial charge in [0, 0.05) is 12.7 Å². The smallest absolute Gasteiger partial charge is 0.365 e. The Morgan fingerprint density at radius 2 is 1.24 bits per heavy atom. The normalized spacial score (nSPS) is 15.7. The standard InChI is InChI=1S/C42H28I2O6/c1-47-35-9-5-3-7-31(35)39-23-25(21-37(49-39)27-11-15-29(43)16-12-27)19-33-41(45)34(42(33)46)20-26-22-38(28-13-17-30(44)18-14-28)50-40(24-26)32-8-4-6-10-36(32)48-2/h3-24H,1-2H3/p+1. The Hall–Kier alpha value is -4.94. The van der Waals surface area contributed by atoms with Gasteiger partial charge in [0.25, 0.3) is 0 Å². The van der Waals surface area contributed by atoms with E-state index < -0.39 is 0 Å². The number of hydrogen-bond donors (Lipinski definition) is 1. The van der Waals surface area contributed by atoms with Gasteiger partial charge in [-0.15, -0.1) is 0 Å². The zero-order chi connectivity index (χ0) is 34.8. The number of carbonyl (C=O) groups is 1. The Morgan fingerprint density at radius 1 is 0.680 bits per heavy atom. The molecule has 0 unspecified atom stereocenters. The number of benzene rings is 4. The quantitative estimate of drug-likeness (QED) is 0.0950. The van der Waals surface area contributed by atoms with Crippen molar-refractivity contribution < 1.29 is 28.5 Å². The van der Waals surface area contributed by atoms with Crippen molar-refractivity contribution in [3.8, 4) is 34.1 Å². The molecule has 4 aromatic carbocycles. The third kappa shape index (κ3) is 6.90. The SMILES string of the molecule is COc1ccccc1C1=CC(=CC2=C(O)C(=Cc3cc(-c4ccc(I)cc4)[o+]c(-c4ccccc4OC)c3)C2=O)C=C(c2ccc(I)cc2)O1. The molecule has 246 valence electrons. The summed E-state index contributed by atoms with van der Waals surface area (Å²) in [5.74, 6) is 3.30. The molecular weight excluding hydrogens is 854 g/mol. The largest absolute Gasteiger partial charge is 0.506 e. The number of ketones is 1. The number of para-hydroxylation sites is 2. The Bertz CT molecular complexity index is 2290. The fraction of sp³-hybridized carbons (Fsp3) is 0.0476. The van der Waals surface area contributed by atoms with Crippen LogP contribution in [0.25, 0.3) is 40.2 Å². The van der Waals surface area contributed by atoms with Crippen molar-refractivity contribution in [1.29, 1.82) is 0 Å². The van der Waals surface area contributed by atoms with Crippen molar-refractivity contribution in [2.45, 2.75) is 0 Å². The van der Waals surface area contributed by atoms with Gasteiger partial charge >= 0.3 is 11.5 Å². The summed E-state index contributed by atoms with van der Waals surface area (Å²) in [6.45, 7) is 0. The minimum absolute atomic E-state index is 0.0825. The molecule has 1 aliphatic carbocycles. The fourth-order valence-corrected chi connectivity index (χ4v) is 6.45. The summed E-state index contributed by atoms with van der Waals surface area (Å²) in [4.78, 5) is 13.7. The first kappa shape index (κ1) is 33.6. The van der Waals surface area contributed by atoms with E-state index in [1.807, 2.05) is 121 Å². The highest BCUT2D eigenvalue weighted by molar-refractivity contribution is 14.1. The third-order valence-electron chi connectivity index (χ3n) is 8.25. The molecule has 50 heavy (non-hydrogen) atoms. The number of ether oxygens (including phenoxy) is 3. The predicted octanol–water partition coefficient (Wildman–Crippen LogP) is 10.9. The van der Waals surface area contributed by atoms with Gasteiger partial charge in [-0.3, -0.25) is 4.79 Å². The van der Waals surface area contributed by atoms with E-state index in [2.05, 4.69) is 45.2 Å². The first-order valence-electron chi connectivity index (χ1n) is 15.6. The molecule has 0 fully saturated rings. The van der Waals surface area contributed by atoms with Crippen LogP contribution in [0.5, 0.6) is 11.5 Å². The zero-order valence-electron chi connectivity index (χ0n) is 26.9. The lowest BCUT2D eigenvalue weighted by Crippen LogP contribution is -2.21. The monoisotopic (exact) mass is 883 g/mol. The first-order chi connectivity index (χ1) is 24.3. The second-order valence-electron chi connectivity index (χ2n) is 11.4. The molecule has 8 heteroatoms. The van der Waals surface area contributed by atoms with Crippen LogP contribution in [0.3, 0.4) is 0 Å². The third-order valence-corrected chi connectivity index (χ3v) is 9.69. The number of hydrogen-bond acceptors (Lipinski definition) is 5. The molecule has 0 spiro atoms. The van der Waals surface area contributed by atoms with E-state index in [0.29, 0.717) is 45.7 Å². The topological polar surface area (TPSA) is 76.3 Å². The van der Waals surface area contributed by atoms with Crippen molar-refractivity contribution >= 4 is 68.6 Å². The average molecular weight is 883 g/mol. The highest BCUT2D eigenvalue weighted by Crippen LogP contribution is 2.40. The van der Waals surface area contributed by atoms with Crippen LogP contribution in [-0.4, -0.2) is 25.1 Å². The van der Waals surface area contributed by atoms with Gasteiger partial charge in [-0.2, -0.15) is 0 Å².